The number of aryl methyl sites for hydroxylation is 2. The first kappa shape index (κ1) is 19.0. The summed E-state index contributed by atoms with van der Waals surface area (Å²) in [7, 11) is -3.18. The molecule has 0 radical (unpaired) electrons. The number of rotatable bonds is 4. The van der Waals surface area contributed by atoms with Gasteiger partial charge in [-0.1, -0.05) is 12.1 Å². The van der Waals surface area contributed by atoms with Crippen LogP contribution < -0.4 is 5.32 Å². The van der Waals surface area contributed by atoms with Crippen LogP contribution in [0, 0.1) is 19.8 Å². The molecule has 140 valence electrons. The molecule has 26 heavy (non-hydrogen) atoms. The van der Waals surface area contributed by atoms with Crippen molar-refractivity contribution in [1.82, 2.24) is 9.29 Å². The van der Waals surface area contributed by atoms with E-state index in [1.54, 1.807) is 0 Å². The lowest BCUT2D eigenvalue weighted by Gasteiger charge is -2.29. The Kier molecular flexibility index (Phi) is 5.45. The molecule has 0 aliphatic carbocycles. The molecule has 8 heteroatoms. The van der Waals surface area contributed by atoms with Gasteiger partial charge in [0.25, 0.3) is 0 Å². The highest BCUT2D eigenvalue weighted by Gasteiger charge is 2.29. The Bertz CT molecular complexity index is 914. The van der Waals surface area contributed by atoms with Crippen LogP contribution in [0.2, 0.25) is 0 Å². The van der Waals surface area contributed by atoms with Gasteiger partial charge in [-0.2, -0.15) is 0 Å². The molecule has 0 spiro atoms. The summed E-state index contributed by atoms with van der Waals surface area (Å²) in [6.45, 7) is 4.92. The maximum absolute atomic E-state index is 12.5. The zero-order valence-corrected chi connectivity index (χ0v) is 16.8. The maximum atomic E-state index is 12.5. The number of piperidine rings is 1. The van der Waals surface area contributed by atoms with E-state index >= 15 is 0 Å². The van der Waals surface area contributed by atoms with Crippen molar-refractivity contribution >= 4 is 32.4 Å². The van der Waals surface area contributed by atoms with Gasteiger partial charge in [0, 0.05) is 30.0 Å². The summed E-state index contributed by atoms with van der Waals surface area (Å²) >= 11 is 1.40. The van der Waals surface area contributed by atoms with Gasteiger partial charge < -0.3 is 5.32 Å². The number of hydrogen-bond acceptors (Lipinski definition) is 5. The van der Waals surface area contributed by atoms with Crippen LogP contribution in [0.15, 0.2) is 23.6 Å². The Hall–Kier alpha value is -1.77. The van der Waals surface area contributed by atoms with Gasteiger partial charge in [-0.15, -0.1) is 11.3 Å². The van der Waals surface area contributed by atoms with Gasteiger partial charge in [0.15, 0.2) is 5.13 Å². The standard InChI is InChI=1S/C18H23N3O3S2/c1-12-4-5-15(10-13(12)2)16-11-25-18(19-16)20-17(22)14-6-8-21(9-7-14)26(3,23)24/h4-5,10-11,14H,6-9H2,1-3H3,(H,19,20,22). The normalized spacial score (nSPS) is 16.6. The molecule has 2 aromatic rings. The molecule has 1 N–H and O–H groups in total. The van der Waals surface area contributed by atoms with Gasteiger partial charge in [-0.3, -0.25) is 4.79 Å². The van der Waals surface area contributed by atoms with E-state index in [1.165, 1.54) is 33.0 Å². The van der Waals surface area contributed by atoms with Gasteiger partial charge in [-0.05, 0) is 43.9 Å². The summed E-state index contributed by atoms with van der Waals surface area (Å²) in [6, 6.07) is 6.19. The van der Waals surface area contributed by atoms with Gasteiger partial charge in [0.05, 0.1) is 11.9 Å². The molecular formula is C18H23N3O3S2. The van der Waals surface area contributed by atoms with Crippen molar-refractivity contribution in [3.63, 3.8) is 0 Å². The minimum atomic E-state index is -3.18. The molecule has 1 aromatic carbocycles. The number of amides is 1. The summed E-state index contributed by atoms with van der Waals surface area (Å²) in [5.41, 5.74) is 4.32. The van der Waals surface area contributed by atoms with E-state index in [-0.39, 0.29) is 11.8 Å². The molecule has 2 heterocycles. The number of anilines is 1. The average molecular weight is 394 g/mol. The molecule has 1 amide bonds. The zero-order chi connectivity index (χ0) is 18.9. The minimum absolute atomic E-state index is 0.0841. The lowest BCUT2D eigenvalue weighted by atomic mass is 9.97. The highest BCUT2D eigenvalue weighted by atomic mass is 32.2. The fraction of sp³-hybridized carbons (Fsp3) is 0.444. The molecular weight excluding hydrogens is 370 g/mol. The van der Waals surface area contributed by atoms with E-state index in [9.17, 15) is 13.2 Å². The molecule has 1 aliphatic heterocycles. The molecule has 3 rings (SSSR count). The third-order valence-electron chi connectivity index (χ3n) is 4.83. The lowest BCUT2D eigenvalue weighted by Crippen LogP contribution is -2.40. The Morgan fingerprint density at radius 1 is 1.23 bits per heavy atom. The second kappa shape index (κ2) is 7.46. The third-order valence-corrected chi connectivity index (χ3v) is 6.89. The number of sulfonamides is 1. The van der Waals surface area contributed by atoms with Crippen LogP contribution in [0.1, 0.15) is 24.0 Å². The van der Waals surface area contributed by atoms with Crippen molar-refractivity contribution in [3.05, 3.63) is 34.7 Å². The van der Waals surface area contributed by atoms with Crippen molar-refractivity contribution in [2.45, 2.75) is 26.7 Å². The highest BCUT2D eigenvalue weighted by Crippen LogP contribution is 2.27. The monoisotopic (exact) mass is 393 g/mol. The van der Waals surface area contributed by atoms with Crippen molar-refractivity contribution in [3.8, 4) is 11.3 Å². The first-order chi connectivity index (χ1) is 12.2. The van der Waals surface area contributed by atoms with Crippen LogP contribution in [0.5, 0.6) is 0 Å². The minimum Gasteiger partial charge on any atom is -0.302 e. The van der Waals surface area contributed by atoms with E-state index in [4.69, 9.17) is 0 Å². The number of nitrogens with one attached hydrogen (secondary N) is 1. The lowest BCUT2D eigenvalue weighted by molar-refractivity contribution is -0.120. The first-order valence-corrected chi connectivity index (χ1v) is 11.3. The average Bonchev–Trinajstić information content (AvgIpc) is 3.05. The summed E-state index contributed by atoms with van der Waals surface area (Å²) in [5.74, 6) is -0.263. The number of thiazole rings is 1. The third kappa shape index (κ3) is 4.31. The zero-order valence-electron chi connectivity index (χ0n) is 15.2. The quantitative estimate of drug-likeness (QED) is 0.866. The van der Waals surface area contributed by atoms with E-state index < -0.39 is 10.0 Å². The van der Waals surface area contributed by atoms with Gasteiger partial charge in [0.2, 0.25) is 15.9 Å². The topological polar surface area (TPSA) is 79.4 Å². The molecule has 1 aliphatic rings. The van der Waals surface area contributed by atoms with E-state index in [0.29, 0.717) is 31.1 Å². The highest BCUT2D eigenvalue weighted by molar-refractivity contribution is 7.88. The second-order valence-electron chi connectivity index (χ2n) is 6.76. The van der Waals surface area contributed by atoms with Crippen molar-refractivity contribution in [2.24, 2.45) is 5.92 Å². The van der Waals surface area contributed by atoms with Crippen LogP contribution in [-0.4, -0.2) is 43.0 Å². The number of benzene rings is 1. The van der Waals surface area contributed by atoms with Gasteiger partial charge in [0.1, 0.15) is 0 Å². The summed E-state index contributed by atoms with van der Waals surface area (Å²) in [5, 5.41) is 5.40. The fourth-order valence-corrected chi connectivity index (χ4v) is 4.62. The summed E-state index contributed by atoms with van der Waals surface area (Å²) in [6.07, 6.45) is 2.28. The van der Waals surface area contributed by atoms with Crippen molar-refractivity contribution in [1.29, 1.82) is 0 Å². The number of nitrogens with zero attached hydrogens (tertiary/aromatic N) is 2. The maximum Gasteiger partial charge on any atom is 0.229 e. The molecule has 1 saturated heterocycles. The molecule has 0 bridgehead atoms. The smallest absolute Gasteiger partial charge is 0.229 e. The van der Waals surface area contributed by atoms with Crippen LogP contribution in [0.4, 0.5) is 5.13 Å². The SMILES string of the molecule is Cc1ccc(-c2csc(NC(=O)C3CCN(S(C)(=O)=O)CC3)n2)cc1C. The van der Waals surface area contributed by atoms with Crippen LogP contribution in [0.25, 0.3) is 11.3 Å². The van der Waals surface area contributed by atoms with Crippen molar-refractivity contribution < 1.29 is 13.2 Å². The van der Waals surface area contributed by atoms with Crippen LogP contribution in [0.3, 0.4) is 0 Å². The number of aromatic nitrogens is 1. The predicted octanol–water partition coefficient (Wildman–Crippen LogP) is 3.04. The van der Waals surface area contributed by atoms with Gasteiger partial charge >= 0.3 is 0 Å². The van der Waals surface area contributed by atoms with E-state index in [2.05, 4.69) is 36.3 Å². The second-order valence-corrected chi connectivity index (χ2v) is 9.60. The molecule has 0 atom stereocenters. The summed E-state index contributed by atoms with van der Waals surface area (Å²) < 4.78 is 24.5. The Morgan fingerprint density at radius 3 is 2.54 bits per heavy atom. The first-order valence-electron chi connectivity index (χ1n) is 8.53. The van der Waals surface area contributed by atoms with Crippen LogP contribution in [-0.2, 0) is 14.8 Å². The Labute approximate surface area is 158 Å². The van der Waals surface area contributed by atoms with Crippen molar-refractivity contribution in [2.75, 3.05) is 24.7 Å². The number of hydrogen-bond donors (Lipinski definition) is 1. The molecule has 0 saturated carbocycles. The van der Waals surface area contributed by atoms with Gasteiger partial charge in [-0.25, -0.2) is 17.7 Å². The Balaban J connectivity index is 1.62. The molecule has 1 fully saturated rings. The molecule has 0 unspecified atom stereocenters. The molecule has 1 aromatic heterocycles. The van der Waals surface area contributed by atoms with Crippen LogP contribution >= 0.6 is 11.3 Å². The van der Waals surface area contributed by atoms with E-state index in [0.717, 1.165) is 11.3 Å². The Morgan fingerprint density at radius 2 is 1.92 bits per heavy atom. The van der Waals surface area contributed by atoms with E-state index in [1.807, 2.05) is 11.4 Å². The predicted molar refractivity (Wildman–Crippen MR) is 105 cm³/mol. The largest absolute Gasteiger partial charge is 0.302 e. The fourth-order valence-electron chi connectivity index (χ4n) is 3.02. The molecule has 6 nitrogen and oxygen atoms in total. The number of carbonyl (C=O) groups is 1. The summed E-state index contributed by atoms with van der Waals surface area (Å²) in [4.78, 5) is 17.0. The number of carbonyl (C=O) groups excluding carboxylic acids is 1.